The van der Waals surface area contributed by atoms with Crippen molar-refractivity contribution in [3.63, 3.8) is 0 Å². The van der Waals surface area contributed by atoms with Gasteiger partial charge in [-0.2, -0.15) is 0 Å². The van der Waals surface area contributed by atoms with Gasteiger partial charge in [-0.05, 0) is 56.5 Å². The molecule has 2 fully saturated rings. The van der Waals surface area contributed by atoms with Crippen molar-refractivity contribution in [1.29, 1.82) is 0 Å². The number of benzene rings is 1. The predicted octanol–water partition coefficient (Wildman–Crippen LogP) is 4.21. The molecule has 3 aromatic rings. The number of fused-ring (bicyclic) bond motifs is 1. The van der Waals surface area contributed by atoms with Crippen molar-refractivity contribution in [3.05, 3.63) is 45.6 Å². The topological polar surface area (TPSA) is 105 Å². The number of hydrogen-bond acceptors (Lipinski definition) is 7. The maximum absolute atomic E-state index is 12.4. The monoisotopic (exact) mass is 528 g/mol. The van der Waals surface area contributed by atoms with Gasteiger partial charge in [-0.1, -0.05) is 11.6 Å². The van der Waals surface area contributed by atoms with Gasteiger partial charge in [-0.3, -0.25) is 4.79 Å². The number of nitrogens with one attached hydrogen (secondary N) is 1. The average molecular weight is 529 g/mol. The second kappa shape index (κ2) is 9.70. The van der Waals surface area contributed by atoms with Gasteiger partial charge < -0.3 is 20.1 Å². The number of morpholine rings is 1. The molecule has 0 bridgehead atoms. The first-order chi connectivity index (χ1) is 17.1. The molecule has 2 aliphatic rings. The first-order valence-corrected chi connectivity index (χ1v) is 13.2. The van der Waals surface area contributed by atoms with Crippen LogP contribution in [0.3, 0.4) is 0 Å². The van der Waals surface area contributed by atoms with Gasteiger partial charge in [0.05, 0.1) is 34.2 Å². The van der Waals surface area contributed by atoms with Crippen LogP contribution in [-0.4, -0.2) is 62.7 Å². The van der Waals surface area contributed by atoms with Crippen molar-refractivity contribution in [1.82, 2.24) is 20.2 Å². The summed E-state index contributed by atoms with van der Waals surface area (Å²) in [7, 11) is 0. The average Bonchev–Trinajstić information content (AvgIpc) is 3.38. The summed E-state index contributed by atoms with van der Waals surface area (Å²) < 4.78 is 7.23. The number of carbonyl (C=O) groups excluding carboxylic acids is 1. The molecule has 0 radical (unpaired) electrons. The molecule has 2 aromatic heterocycles. The number of amides is 1. The number of rotatable bonds is 6. The highest BCUT2D eigenvalue weighted by Crippen LogP contribution is 2.38. The summed E-state index contributed by atoms with van der Waals surface area (Å²) >= 11 is 8.00. The van der Waals surface area contributed by atoms with Crippen molar-refractivity contribution < 1.29 is 19.4 Å². The molecule has 4 heterocycles. The number of ether oxygens (including phenoxy) is 1. The molecule has 1 aromatic carbocycles. The molecule has 2 N–H and O–H groups in total. The number of likely N-dealkylation sites (tertiary alicyclic amines) is 1. The molecule has 0 unspecified atom stereocenters. The summed E-state index contributed by atoms with van der Waals surface area (Å²) in [6.07, 6.45) is 2.85. The molecule has 5 rings (SSSR count). The van der Waals surface area contributed by atoms with Crippen molar-refractivity contribution >= 4 is 45.0 Å². The molecule has 190 valence electrons. The SMILES string of the molecule is Cc1cc(Cl)cc(-c2ncnc3cc(CN4C(=O)CC[C@@H]4C(=O)O)sc23)c1C[C@@H]1CNCC(C)(C)O1. The Kier molecular flexibility index (Phi) is 6.76. The minimum atomic E-state index is -0.968. The summed E-state index contributed by atoms with van der Waals surface area (Å²) in [6.45, 7) is 8.04. The highest BCUT2D eigenvalue weighted by Gasteiger charge is 2.36. The van der Waals surface area contributed by atoms with Gasteiger partial charge in [-0.15, -0.1) is 11.3 Å². The molecule has 0 aliphatic carbocycles. The van der Waals surface area contributed by atoms with Crippen LogP contribution < -0.4 is 5.32 Å². The Bertz CT molecular complexity index is 1340. The molecule has 8 nitrogen and oxygen atoms in total. The normalized spacial score (nSPS) is 21.9. The number of hydrogen-bond donors (Lipinski definition) is 2. The zero-order chi connectivity index (χ0) is 25.6. The Balaban J connectivity index is 1.52. The van der Waals surface area contributed by atoms with E-state index in [2.05, 4.69) is 36.1 Å². The third kappa shape index (κ3) is 4.98. The highest BCUT2D eigenvalue weighted by molar-refractivity contribution is 7.19. The fourth-order valence-electron chi connectivity index (χ4n) is 5.20. The number of nitrogens with zero attached hydrogens (tertiary/aromatic N) is 3. The molecule has 1 amide bonds. The molecule has 2 saturated heterocycles. The maximum atomic E-state index is 12.4. The zero-order valence-corrected chi connectivity index (χ0v) is 22.1. The van der Waals surface area contributed by atoms with Crippen LogP contribution in [0.15, 0.2) is 24.5 Å². The van der Waals surface area contributed by atoms with Gasteiger partial charge in [0, 0.05) is 41.4 Å². The van der Waals surface area contributed by atoms with E-state index in [9.17, 15) is 14.7 Å². The number of aliphatic carboxylic acids is 1. The van der Waals surface area contributed by atoms with Gasteiger partial charge in [0.1, 0.15) is 12.4 Å². The van der Waals surface area contributed by atoms with Crippen LogP contribution in [0, 0.1) is 6.92 Å². The lowest BCUT2D eigenvalue weighted by atomic mass is 9.93. The molecule has 36 heavy (non-hydrogen) atoms. The molecule has 0 saturated carbocycles. The van der Waals surface area contributed by atoms with Crippen molar-refractivity contribution in [2.45, 2.75) is 64.3 Å². The number of aryl methyl sites for hydroxylation is 1. The third-order valence-corrected chi connectivity index (χ3v) is 8.17. The Morgan fingerprint density at radius 3 is 2.89 bits per heavy atom. The van der Waals surface area contributed by atoms with Crippen LogP contribution in [-0.2, 0) is 27.3 Å². The minimum Gasteiger partial charge on any atom is -0.480 e. The Hall–Kier alpha value is -2.59. The van der Waals surface area contributed by atoms with Gasteiger partial charge in [0.25, 0.3) is 0 Å². The van der Waals surface area contributed by atoms with Crippen LogP contribution in [0.4, 0.5) is 0 Å². The van der Waals surface area contributed by atoms with Crippen LogP contribution in [0.2, 0.25) is 5.02 Å². The van der Waals surface area contributed by atoms with Crippen LogP contribution >= 0.6 is 22.9 Å². The molecule has 0 spiro atoms. The number of aromatic nitrogens is 2. The Morgan fingerprint density at radius 2 is 2.14 bits per heavy atom. The summed E-state index contributed by atoms with van der Waals surface area (Å²) in [5.74, 6) is -1.10. The van der Waals surface area contributed by atoms with Gasteiger partial charge >= 0.3 is 5.97 Å². The first kappa shape index (κ1) is 25.1. The van der Waals surface area contributed by atoms with E-state index >= 15 is 0 Å². The van der Waals surface area contributed by atoms with E-state index in [4.69, 9.17) is 16.3 Å². The van der Waals surface area contributed by atoms with Crippen molar-refractivity contribution in [3.8, 4) is 11.3 Å². The van der Waals surface area contributed by atoms with Crippen molar-refractivity contribution in [2.75, 3.05) is 13.1 Å². The van der Waals surface area contributed by atoms with Crippen LogP contribution in [0.5, 0.6) is 0 Å². The van der Waals surface area contributed by atoms with Gasteiger partial charge in [0.15, 0.2) is 0 Å². The summed E-state index contributed by atoms with van der Waals surface area (Å²) in [6, 6.07) is 5.04. The smallest absolute Gasteiger partial charge is 0.326 e. The second-order valence-corrected chi connectivity index (χ2v) is 11.7. The van der Waals surface area contributed by atoms with E-state index in [1.54, 1.807) is 0 Å². The summed E-state index contributed by atoms with van der Waals surface area (Å²) in [4.78, 5) is 35.4. The quantitative estimate of drug-likeness (QED) is 0.494. The largest absolute Gasteiger partial charge is 0.480 e. The Labute approximate surface area is 218 Å². The molecule has 2 atom stereocenters. The lowest BCUT2D eigenvalue weighted by molar-refractivity contribution is -0.146. The lowest BCUT2D eigenvalue weighted by Gasteiger charge is -2.37. The fourth-order valence-corrected chi connectivity index (χ4v) is 6.58. The van der Waals surface area contributed by atoms with E-state index in [-0.39, 0.29) is 30.6 Å². The van der Waals surface area contributed by atoms with Crippen LogP contribution in [0.25, 0.3) is 21.5 Å². The van der Waals surface area contributed by atoms with E-state index in [0.717, 1.165) is 50.6 Å². The van der Waals surface area contributed by atoms with E-state index in [1.807, 2.05) is 18.2 Å². The van der Waals surface area contributed by atoms with Gasteiger partial charge in [-0.25, -0.2) is 14.8 Å². The standard InChI is InChI=1S/C26H29ClN4O4S/c1-14-6-15(27)7-19(18(14)8-16-10-28-12-26(2,3)35-16)23-24-20(29-13-30-23)9-17(36-24)11-31-21(25(33)34)4-5-22(31)32/h6-7,9,13,16,21,28H,4-5,8,10-12H2,1-3H3,(H,33,34)/t16-,21-/m1/s1. The van der Waals surface area contributed by atoms with E-state index in [1.165, 1.54) is 22.6 Å². The number of carboxylic acid groups (broad SMARTS) is 1. The number of halogens is 1. The summed E-state index contributed by atoms with van der Waals surface area (Å²) in [5.41, 5.74) is 4.43. The fraction of sp³-hybridized carbons (Fsp3) is 0.462. The lowest BCUT2D eigenvalue weighted by Crippen LogP contribution is -2.51. The second-order valence-electron chi connectivity index (χ2n) is 10.1. The van der Waals surface area contributed by atoms with Crippen molar-refractivity contribution in [2.24, 2.45) is 0 Å². The number of thiophene rings is 1. The highest BCUT2D eigenvalue weighted by atomic mass is 35.5. The molecular formula is C26H29ClN4O4S. The van der Waals surface area contributed by atoms with E-state index < -0.39 is 12.0 Å². The maximum Gasteiger partial charge on any atom is 0.326 e. The Morgan fingerprint density at radius 1 is 1.33 bits per heavy atom. The molecule has 10 heteroatoms. The van der Waals surface area contributed by atoms with Crippen LogP contribution in [0.1, 0.15) is 42.7 Å². The van der Waals surface area contributed by atoms with E-state index in [0.29, 0.717) is 17.9 Å². The number of carbonyl (C=O) groups is 2. The zero-order valence-electron chi connectivity index (χ0n) is 20.5. The third-order valence-electron chi connectivity index (χ3n) is 6.83. The predicted molar refractivity (Wildman–Crippen MR) is 139 cm³/mol. The number of carboxylic acids is 1. The first-order valence-electron chi connectivity index (χ1n) is 12.0. The minimum absolute atomic E-state index is 0.0118. The molecule has 2 aliphatic heterocycles. The van der Waals surface area contributed by atoms with Gasteiger partial charge in [0.2, 0.25) is 5.91 Å². The molecular weight excluding hydrogens is 500 g/mol. The summed E-state index contributed by atoms with van der Waals surface area (Å²) in [5, 5.41) is 13.6.